The first-order valence-electron chi connectivity index (χ1n) is 5.37. The molecule has 88 valence electrons. The summed E-state index contributed by atoms with van der Waals surface area (Å²) >= 11 is 5.68. The molecule has 0 saturated heterocycles. The van der Waals surface area contributed by atoms with Gasteiger partial charge in [-0.3, -0.25) is 9.59 Å². The van der Waals surface area contributed by atoms with Crippen LogP contribution in [0.15, 0.2) is 0 Å². The zero-order valence-electron chi connectivity index (χ0n) is 9.42. The number of ketones is 1. The van der Waals surface area contributed by atoms with Gasteiger partial charge >= 0.3 is 5.97 Å². The van der Waals surface area contributed by atoms with Crippen LogP contribution in [0.25, 0.3) is 0 Å². The first-order valence-corrected chi connectivity index (χ1v) is 5.81. The van der Waals surface area contributed by atoms with Crippen molar-refractivity contribution in [2.24, 2.45) is 0 Å². The lowest BCUT2D eigenvalue weighted by Gasteiger charge is -2.03. The maximum absolute atomic E-state index is 11.2. The van der Waals surface area contributed by atoms with E-state index in [0.29, 0.717) is 32.3 Å². The molecule has 0 aliphatic heterocycles. The minimum absolute atomic E-state index is 0.0949. The van der Waals surface area contributed by atoms with Gasteiger partial charge in [-0.25, -0.2) is 0 Å². The Bertz CT molecular complexity index is 202. The van der Waals surface area contributed by atoms with E-state index >= 15 is 0 Å². The Kier molecular flexibility index (Phi) is 8.38. The van der Waals surface area contributed by atoms with E-state index in [1.54, 1.807) is 13.8 Å². The van der Waals surface area contributed by atoms with E-state index in [2.05, 4.69) is 0 Å². The molecule has 0 aliphatic rings. The van der Waals surface area contributed by atoms with Crippen LogP contribution < -0.4 is 0 Å². The summed E-state index contributed by atoms with van der Waals surface area (Å²) in [6.45, 7) is 4.00. The summed E-state index contributed by atoms with van der Waals surface area (Å²) in [5, 5.41) is -0.0949. The van der Waals surface area contributed by atoms with E-state index in [1.807, 2.05) is 0 Å². The van der Waals surface area contributed by atoms with Crippen LogP contribution >= 0.6 is 11.6 Å². The largest absolute Gasteiger partial charge is 0.466 e. The van der Waals surface area contributed by atoms with Crippen LogP contribution in [0.2, 0.25) is 0 Å². The molecule has 15 heavy (non-hydrogen) atoms. The number of Topliss-reactive ketones (excluding diaryl/α,β-unsaturated/α-hetero) is 1. The number of carbonyl (C=O) groups excluding carboxylic acids is 2. The number of unbranched alkanes of at least 4 members (excludes halogenated alkanes) is 1. The molecule has 0 saturated carbocycles. The van der Waals surface area contributed by atoms with Gasteiger partial charge < -0.3 is 4.74 Å². The first kappa shape index (κ1) is 14.4. The highest BCUT2D eigenvalue weighted by molar-refractivity contribution is 6.21. The number of halogens is 1. The fourth-order valence-corrected chi connectivity index (χ4v) is 1.41. The summed E-state index contributed by atoms with van der Waals surface area (Å²) in [5.41, 5.74) is 0. The molecule has 0 spiro atoms. The zero-order chi connectivity index (χ0) is 11.7. The van der Waals surface area contributed by atoms with Crippen molar-refractivity contribution in [3.63, 3.8) is 0 Å². The fourth-order valence-electron chi connectivity index (χ4n) is 1.24. The summed E-state index contributed by atoms with van der Waals surface area (Å²) < 4.78 is 4.77. The van der Waals surface area contributed by atoms with Crippen molar-refractivity contribution in [1.82, 2.24) is 0 Å². The van der Waals surface area contributed by atoms with Gasteiger partial charge in [0.15, 0.2) is 0 Å². The van der Waals surface area contributed by atoms with E-state index in [1.165, 1.54) is 0 Å². The Labute approximate surface area is 96.1 Å². The highest BCUT2D eigenvalue weighted by atomic mass is 35.5. The van der Waals surface area contributed by atoms with Gasteiger partial charge in [0.05, 0.1) is 6.61 Å². The Morgan fingerprint density at radius 3 is 2.40 bits per heavy atom. The second-order valence-corrected chi connectivity index (χ2v) is 4.28. The molecule has 0 amide bonds. The van der Waals surface area contributed by atoms with Gasteiger partial charge in [-0.15, -0.1) is 11.6 Å². The number of hydrogen-bond acceptors (Lipinski definition) is 3. The Morgan fingerprint density at radius 2 is 1.87 bits per heavy atom. The van der Waals surface area contributed by atoms with Gasteiger partial charge in [0.25, 0.3) is 0 Å². The maximum Gasteiger partial charge on any atom is 0.305 e. The molecule has 0 rings (SSSR count). The molecule has 0 radical (unpaired) electrons. The second kappa shape index (κ2) is 8.72. The normalized spacial score (nSPS) is 12.2. The molecule has 1 atom stereocenters. The summed E-state index contributed by atoms with van der Waals surface area (Å²) in [5.74, 6) is -0.0166. The molecule has 0 aromatic rings. The highest BCUT2D eigenvalue weighted by Crippen LogP contribution is 2.07. The van der Waals surface area contributed by atoms with Crippen molar-refractivity contribution in [1.29, 1.82) is 0 Å². The fraction of sp³-hybridized carbons (Fsp3) is 0.818. The average molecular weight is 235 g/mol. The molecule has 3 nitrogen and oxygen atoms in total. The number of hydrogen-bond donors (Lipinski definition) is 0. The van der Waals surface area contributed by atoms with Crippen molar-refractivity contribution < 1.29 is 14.3 Å². The van der Waals surface area contributed by atoms with Crippen LogP contribution in [0, 0.1) is 0 Å². The van der Waals surface area contributed by atoms with Crippen LogP contribution in [0.4, 0.5) is 0 Å². The predicted molar refractivity (Wildman–Crippen MR) is 60.0 cm³/mol. The second-order valence-electron chi connectivity index (χ2n) is 3.54. The molecule has 0 aliphatic carbocycles. The molecule has 0 aromatic carbocycles. The van der Waals surface area contributed by atoms with E-state index in [0.717, 1.165) is 6.42 Å². The van der Waals surface area contributed by atoms with Gasteiger partial charge in [-0.05, 0) is 26.7 Å². The Morgan fingerprint density at radius 1 is 1.27 bits per heavy atom. The smallest absolute Gasteiger partial charge is 0.305 e. The van der Waals surface area contributed by atoms with Crippen LogP contribution in [0.3, 0.4) is 0 Å². The van der Waals surface area contributed by atoms with E-state index in [9.17, 15) is 9.59 Å². The molecule has 0 bridgehead atoms. The van der Waals surface area contributed by atoms with Crippen molar-refractivity contribution in [2.75, 3.05) is 6.61 Å². The molecular formula is C11H19ClO3. The van der Waals surface area contributed by atoms with Gasteiger partial charge in [-0.1, -0.05) is 0 Å². The third-order valence-electron chi connectivity index (χ3n) is 1.90. The van der Waals surface area contributed by atoms with Gasteiger partial charge in [0, 0.05) is 24.6 Å². The number of esters is 1. The lowest BCUT2D eigenvalue weighted by atomic mass is 10.1. The number of ether oxygens (including phenoxy) is 1. The van der Waals surface area contributed by atoms with E-state index in [-0.39, 0.29) is 17.1 Å². The average Bonchev–Trinajstić information content (AvgIpc) is 2.12. The summed E-state index contributed by atoms with van der Waals surface area (Å²) in [6.07, 6.45) is 2.78. The standard InChI is InChI=1S/C11H19ClO3/c1-3-15-11(14)7-5-4-6-10(13)8-9(2)12/h9H,3-8H2,1-2H3. The summed E-state index contributed by atoms with van der Waals surface area (Å²) in [7, 11) is 0. The van der Waals surface area contributed by atoms with Crippen LogP contribution in [0.1, 0.15) is 46.0 Å². The maximum atomic E-state index is 11.2. The quantitative estimate of drug-likeness (QED) is 0.369. The lowest BCUT2D eigenvalue weighted by Crippen LogP contribution is -2.06. The van der Waals surface area contributed by atoms with Crippen molar-refractivity contribution in [3.05, 3.63) is 0 Å². The molecule has 1 unspecified atom stereocenters. The van der Waals surface area contributed by atoms with Crippen LogP contribution in [-0.4, -0.2) is 23.7 Å². The van der Waals surface area contributed by atoms with Crippen molar-refractivity contribution >= 4 is 23.4 Å². The Hall–Kier alpha value is -0.570. The number of carbonyl (C=O) groups is 2. The molecule has 4 heteroatoms. The topological polar surface area (TPSA) is 43.4 Å². The lowest BCUT2D eigenvalue weighted by molar-refractivity contribution is -0.143. The van der Waals surface area contributed by atoms with Gasteiger partial charge in [0.2, 0.25) is 0 Å². The van der Waals surface area contributed by atoms with Crippen molar-refractivity contribution in [2.45, 2.75) is 51.3 Å². The third-order valence-corrected chi connectivity index (χ3v) is 2.06. The van der Waals surface area contributed by atoms with Crippen LogP contribution in [0.5, 0.6) is 0 Å². The van der Waals surface area contributed by atoms with E-state index in [4.69, 9.17) is 16.3 Å². The minimum Gasteiger partial charge on any atom is -0.466 e. The first-order chi connectivity index (χ1) is 7.06. The minimum atomic E-state index is -0.185. The van der Waals surface area contributed by atoms with Gasteiger partial charge in [0.1, 0.15) is 5.78 Å². The SMILES string of the molecule is CCOC(=O)CCCCC(=O)CC(C)Cl. The van der Waals surface area contributed by atoms with E-state index < -0.39 is 0 Å². The van der Waals surface area contributed by atoms with Crippen molar-refractivity contribution in [3.8, 4) is 0 Å². The molecular weight excluding hydrogens is 216 g/mol. The summed E-state index contributed by atoms with van der Waals surface area (Å²) in [6, 6.07) is 0. The number of rotatable bonds is 8. The molecule has 0 aromatic heterocycles. The third kappa shape index (κ3) is 9.73. The molecule has 0 fully saturated rings. The summed E-state index contributed by atoms with van der Waals surface area (Å²) in [4.78, 5) is 22.2. The highest BCUT2D eigenvalue weighted by Gasteiger charge is 2.07. The Balaban J connectivity index is 3.38. The number of alkyl halides is 1. The van der Waals surface area contributed by atoms with Crippen LogP contribution in [-0.2, 0) is 14.3 Å². The monoisotopic (exact) mass is 234 g/mol. The van der Waals surface area contributed by atoms with Gasteiger partial charge in [-0.2, -0.15) is 0 Å². The molecule has 0 heterocycles. The predicted octanol–water partition coefficient (Wildman–Crippen LogP) is 2.70. The molecule has 0 N–H and O–H groups in total. The zero-order valence-corrected chi connectivity index (χ0v) is 10.2.